The van der Waals surface area contributed by atoms with Crippen molar-refractivity contribution in [2.75, 3.05) is 6.54 Å². The molecular formula is C29H40N4O5. The molecule has 0 aliphatic carbocycles. The zero-order valence-corrected chi connectivity index (χ0v) is 23.2. The summed E-state index contributed by atoms with van der Waals surface area (Å²) < 4.78 is 5.33. The van der Waals surface area contributed by atoms with E-state index in [0.717, 1.165) is 16.7 Å². The van der Waals surface area contributed by atoms with Gasteiger partial charge in [0.25, 0.3) is 0 Å². The molecule has 0 heterocycles. The van der Waals surface area contributed by atoms with Gasteiger partial charge in [0.15, 0.2) is 0 Å². The number of hydrogen-bond donors (Lipinski definition) is 3. The highest BCUT2D eigenvalue weighted by Gasteiger charge is 2.36. The molecule has 0 aliphatic rings. The van der Waals surface area contributed by atoms with Crippen molar-refractivity contribution >= 4 is 23.8 Å². The highest BCUT2D eigenvalue weighted by molar-refractivity contribution is 5.92. The van der Waals surface area contributed by atoms with Gasteiger partial charge in [0.1, 0.15) is 17.7 Å². The zero-order valence-electron chi connectivity index (χ0n) is 23.2. The van der Waals surface area contributed by atoms with E-state index in [-0.39, 0.29) is 31.8 Å². The van der Waals surface area contributed by atoms with E-state index in [1.807, 2.05) is 62.4 Å². The highest BCUT2D eigenvalue weighted by atomic mass is 16.6. The van der Waals surface area contributed by atoms with Crippen LogP contribution in [-0.4, -0.2) is 46.9 Å². The van der Waals surface area contributed by atoms with Gasteiger partial charge >= 0.3 is 6.09 Å². The number of hydrogen-bond acceptors (Lipinski definition) is 5. The smallest absolute Gasteiger partial charge is 0.408 e. The lowest BCUT2D eigenvalue weighted by atomic mass is 9.96. The first-order chi connectivity index (χ1) is 17.8. The molecule has 2 aromatic rings. The van der Waals surface area contributed by atoms with Crippen LogP contribution in [0.5, 0.6) is 0 Å². The Labute approximate surface area is 225 Å². The van der Waals surface area contributed by atoms with E-state index >= 15 is 0 Å². The maximum atomic E-state index is 13.9. The fourth-order valence-electron chi connectivity index (χ4n) is 4.12. The molecule has 0 saturated carbocycles. The summed E-state index contributed by atoms with van der Waals surface area (Å²) in [4.78, 5) is 53.1. The first-order valence-corrected chi connectivity index (χ1v) is 12.8. The second kappa shape index (κ2) is 13.6. The van der Waals surface area contributed by atoms with Gasteiger partial charge in [-0.3, -0.25) is 14.4 Å². The Balaban J connectivity index is 2.43. The van der Waals surface area contributed by atoms with Gasteiger partial charge in [-0.1, -0.05) is 54.1 Å². The van der Waals surface area contributed by atoms with Gasteiger partial charge in [-0.05, 0) is 64.7 Å². The highest BCUT2D eigenvalue weighted by Crippen LogP contribution is 2.27. The molecule has 206 valence electrons. The standard InChI is InChI=1S/C29H40N4O5/c1-7-33(27(36)23(15-16-24(30)34)32-28(37)38-29(4,5)6)25(22-14-13-19(2)17-20(22)3)26(35)31-18-21-11-9-8-10-12-21/h8-14,17,23,25H,7,15-16,18H2,1-6H3,(H2,30,34)(H,31,35)(H,32,37). The van der Waals surface area contributed by atoms with Crippen LogP contribution in [-0.2, 0) is 25.7 Å². The Bertz CT molecular complexity index is 1130. The zero-order chi connectivity index (χ0) is 28.5. The molecule has 0 fully saturated rings. The molecule has 4 amide bonds. The van der Waals surface area contributed by atoms with Crippen molar-refractivity contribution in [2.24, 2.45) is 5.73 Å². The fourth-order valence-corrected chi connectivity index (χ4v) is 4.12. The number of nitrogens with two attached hydrogens (primary N) is 1. The normalized spacial score (nSPS) is 12.7. The Morgan fingerprint density at radius 2 is 1.68 bits per heavy atom. The summed E-state index contributed by atoms with van der Waals surface area (Å²) in [6.45, 7) is 11.2. The molecule has 2 rings (SSSR count). The molecule has 0 aliphatic heterocycles. The Morgan fingerprint density at radius 3 is 2.24 bits per heavy atom. The minimum Gasteiger partial charge on any atom is -0.444 e. The molecule has 9 nitrogen and oxygen atoms in total. The topological polar surface area (TPSA) is 131 Å². The van der Waals surface area contributed by atoms with E-state index in [9.17, 15) is 19.2 Å². The Hall–Kier alpha value is -3.88. The molecule has 4 N–H and O–H groups in total. The molecule has 2 aromatic carbocycles. The van der Waals surface area contributed by atoms with Crippen LogP contribution in [0.4, 0.5) is 4.79 Å². The lowest BCUT2D eigenvalue weighted by molar-refractivity contribution is -0.142. The molecular weight excluding hydrogens is 484 g/mol. The number of nitrogens with one attached hydrogen (secondary N) is 2. The summed E-state index contributed by atoms with van der Waals surface area (Å²) in [7, 11) is 0. The number of likely N-dealkylation sites (N-methyl/N-ethyl adjacent to an activating group) is 1. The molecule has 2 unspecified atom stereocenters. The van der Waals surface area contributed by atoms with E-state index in [4.69, 9.17) is 10.5 Å². The van der Waals surface area contributed by atoms with Crippen LogP contribution in [0, 0.1) is 13.8 Å². The van der Waals surface area contributed by atoms with Crippen LogP contribution in [0.15, 0.2) is 48.5 Å². The summed E-state index contributed by atoms with van der Waals surface area (Å²) in [6, 6.07) is 13.1. The molecule has 9 heteroatoms. The van der Waals surface area contributed by atoms with E-state index in [2.05, 4.69) is 10.6 Å². The molecule has 0 radical (unpaired) electrons. The summed E-state index contributed by atoms with van der Waals surface area (Å²) >= 11 is 0. The van der Waals surface area contributed by atoms with Gasteiger partial charge in [-0.25, -0.2) is 4.79 Å². The third-order valence-corrected chi connectivity index (χ3v) is 5.88. The number of rotatable bonds is 11. The lowest BCUT2D eigenvalue weighted by Gasteiger charge is -2.34. The molecule has 0 aromatic heterocycles. The van der Waals surface area contributed by atoms with Gasteiger partial charge in [0.2, 0.25) is 17.7 Å². The fraction of sp³-hybridized carbons (Fsp3) is 0.448. The van der Waals surface area contributed by atoms with E-state index in [0.29, 0.717) is 5.56 Å². The molecule has 0 saturated heterocycles. The van der Waals surface area contributed by atoms with Gasteiger partial charge in [0.05, 0.1) is 0 Å². The van der Waals surface area contributed by atoms with Crippen molar-refractivity contribution in [3.63, 3.8) is 0 Å². The number of carbonyl (C=O) groups is 4. The number of aryl methyl sites for hydroxylation is 2. The number of carbonyl (C=O) groups excluding carboxylic acids is 4. The number of amides is 4. The Morgan fingerprint density at radius 1 is 1.03 bits per heavy atom. The third-order valence-electron chi connectivity index (χ3n) is 5.88. The number of alkyl carbamates (subject to hydrolysis) is 1. The average Bonchev–Trinajstić information content (AvgIpc) is 2.83. The summed E-state index contributed by atoms with van der Waals surface area (Å²) in [5, 5.41) is 5.53. The minimum atomic E-state index is -1.12. The van der Waals surface area contributed by atoms with Crippen LogP contribution in [0.3, 0.4) is 0 Å². The summed E-state index contributed by atoms with van der Waals surface area (Å²) in [5.74, 6) is -1.48. The number of benzene rings is 2. The third kappa shape index (κ3) is 9.21. The maximum Gasteiger partial charge on any atom is 0.408 e. The summed E-state index contributed by atoms with van der Waals surface area (Å²) in [5.41, 5.74) is 8.01. The average molecular weight is 525 g/mol. The lowest BCUT2D eigenvalue weighted by Crippen LogP contribution is -2.53. The first-order valence-electron chi connectivity index (χ1n) is 12.8. The van der Waals surface area contributed by atoms with E-state index in [1.165, 1.54) is 4.90 Å². The first kappa shape index (κ1) is 30.3. The predicted molar refractivity (Wildman–Crippen MR) is 146 cm³/mol. The van der Waals surface area contributed by atoms with Gasteiger partial charge in [0, 0.05) is 19.5 Å². The Kier molecular flexibility index (Phi) is 10.9. The van der Waals surface area contributed by atoms with Crippen LogP contribution >= 0.6 is 0 Å². The van der Waals surface area contributed by atoms with Gasteiger partial charge in [-0.15, -0.1) is 0 Å². The minimum absolute atomic E-state index is 0.0326. The second-order valence-corrected chi connectivity index (χ2v) is 10.3. The van der Waals surface area contributed by atoms with Crippen molar-refractivity contribution in [2.45, 2.75) is 78.6 Å². The van der Waals surface area contributed by atoms with Crippen LogP contribution < -0.4 is 16.4 Å². The second-order valence-electron chi connectivity index (χ2n) is 10.3. The van der Waals surface area contributed by atoms with Gasteiger partial charge in [-0.2, -0.15) is 0 Å². The van der Waals surface area contributed by atoms with Gasteiger partial charge < -0.3 is 26.0 Å². The number of ether oxygens (including phenoxy) is 1. The van der Waals surface area contributed by atoms with E-state index < -0.39 is 35.6 Å². The molecule has 38 heavy (non-hydrogen) atoms. The quantitative estimate of drug-likeness (QED) is 0.413. The number of primary amides is 1. The van der Waals surface area contributed by atoms with Crippen LogP contribution in [0.1, 0.15) is 68.8 Å². The van der Waals surface area contributed by atoms with E-state index in [1.54, 1.807) is 27.7 Å². The summed E-state index contributed by atoms with van der Waals surface area (Å²) in [6.07, 6.45) is -0.958. The van der Waals surface area contributed by atoms with Crippen LogP contribution in [0.25, 0.3) is 0 Å². The van der Waals surface area contributed by atoms with Crippen molar-refractivity contribution in [1.82, 2.24) is 15.5 Å². The maximum absolute atomic E-state index is 13.9. The molecule has 0 bridgehead atoms. The molecule has 2 atom stereocenters. The largest absolute Gasteiger partial charge is 0.444 e. The van der Waals surface area contributed by atoms with Crippen molar-refractivity contribution in [1.29, 1.82) is 0 Å². The van der Waals surface area contributed by atoms with Crippen molar-refractivity contribution in [3.8, 4) is 0 Å². The number of nitrogens with zero attached hydrogens (tertiary/aromatic N) is 1. The molecule has 0 spiro atoms. The SMILES string of the molecule is CCN(C(=O)C(CCC(N)=O)NC(=O)OC(C)(C)C)C(C(=O)NCc1ccccc1)c1ccc(C)cc1C. The predicted octanol–water partition coefficient (Wildman–Crippen LogP) is 3.67. The van der Waals surface area contributed by atoms with Crippen molar-refractivity contribution in [3.05, 3.63) is 70.8 Å². The monoisotopic (exact) mass is 524 g/mol. The van der Waals surface area contributed by atoms with Crippen molar-refractivity contribution < 1.29 is 23.9 Å². The van der Waals surface area contributed by atoms with Crippen LogP contribution in [0.2, 0.25) is 0 Å².